The number of hydrogen-bond donors (Lipinski definition) is 1. The maximum atomic E-state index is 11.6. The van der Waals surface area contributed by atoms with Gasteiger partial charge >= 0.3 is 0 Å². The van der Waals surface area contributed by atoms with E-state index in [-0.39, 0.29) is 5.91 Å². The third-order valence-electron chi connectivity index (χ3n) is 2.50. The van der Waals surface area contributed by atoms with Crippen molar-refractivity contribution >= 4 is 11.5 Å². The molecule has 0 saturated carbocycles. The van der Waals surface area contributed by atoms with Crippen LogP contribution in [0, 0.1) is 0 Å². The lowest BCUT2D eigenvalue weighted by molar-refractivity contribution is -0.116. The molecule has 0 saturated heterocycles. The molecule has 1 aromatic carbocycles. The van der Waals surface area contributed by atoms with Crippen LogP contribution in [-0.4, -0.2) is 33.3 Å². The van der Waals surface area contributed by atoms with Crippen molar-refractivity contribution in [3.8, 4) is 5.75 Å². The van der Waals surface area contributed by atoms with E-state index in [2.05, 4.69) is 5.32 Å². The van der Waals surface area contributed by atoms with Gasteiger partial charge in [-0.15, -0.1) is 0 Å². The molecular weight excluding hydrogens is 230 g/mol. The fourth-order valence-corrected chi connectivity index (χ4v) is 1.46. The van der Waals surface area contributed by atoms with Crippen molar-refractivity contribution in [3.05, 3.63) is 35.9 Å². The van der Waals surface area contributed by atoms with E-state index in [1.165, 1.54) is 0 Å². The van der Waals surface area contributed by atoms with Gasteiger partial charge in [0.2, 0.25) is 5.91 Å². The summed E-state index contributed by atoms with van der Waals surface area (Å²) in [7, 11) is 3.23. The van der Waals surface area contributed by atoms with Crippen LogP contribution in [0.1, 0.15) is 12.5 Å². The van der Waals surface area contributed by atoms with E-state index in [1.54, 1.807) is 20.3 Å². The Morgan fingerprint density at radius 1 is 1.28 bits per heavy atom. The topological polar surface area (TPSA) is 47.6 Å². The second-order valence-electron chi connectivity index (χ2n) is 3.84. The molecule has 0 radical (unpaired) electrons. The van der Waals surface area contributed by atoms with Crippen LogP contribution in [0.25, 0.3) is 5.57 Å². The van der Waals surface area contributed by atoms with E-state index in [1.807, 2.05) is 31.2 Å². The number of methoxy groups -OCH3 is 2. The zero-order valence-corrected chi connectivity index (χ0v) is 11.0. The molecule has 0 aliphatic heterocycles. The molecule has 1 rings (SSSR count). The molecule has 0 unspecified atom stereocenters. The van der Waals surface area contributed by atoms with E-state index < -0.39 is 0 Å². The van der Waals surface area contributed by atoms with E-state index in [4.69, 9.17) is 9.47 Å². The number of rotatable bonds is 6. The quantitative estimate of drug-likeness (QED) is 0.618. The summed E-state index contributed by atoms with van der Waals surface area (Å²) in [6.07, 6.45) is 1.58. The van der Waals surface area contributed by atoms with Crippen LogP contribution in [0.5, 0.6) is 5.75 Å². The largest absolute Gasteiger partial charge is 0.497 e. The van der Waals surface area contributed by atoms with Crippen LogP contribution < -0.4 is 10.1 Å². The van der Waals surface area contributed by atoms with Gasteiger partial charge in [-0.3, -0.25) is 4.79 Å². The predicted molar refractivity (Wildman–Crippen MR) is 71.5 cm³/mol. The monoisotopic (exact) mass is 249 g/mol. The van der Waals surface area contributed by atoms with Gasteiger partial charge in [0.25, 0.3) is 0 Å². The first kappa shape index (κ1) is 14.3. The van der Waals surface area contributed by atoms with Crippen molar-refractivity contribution in [1.29, 1.82) is 0 Å². The van der Waals surface area contributed by atoms with Crippen LogP contribution in [0.15, 0.2) is 30.3 Å². The van der Waals surface area contributed by atoms with Crippen LogP contribution >= 0.6 is 0 Å². The third-order valence-corrected chi connectivity index (χ3v) is 2.50. The Kier molecular flexibility index (Phi) is 5.94. The summed E-state index contributed by atoms with van der Waals surface area (Å²) in [6, 6.07) is 7.59. The fourth-order valence-electron chi connectivity index (χ4n) is 1.46. The maximum Gasteiger partial charge on any atom is 0.244 e. The zero-order valence-electron chi connectivity index (χ0n) is 11.0. The van der Waals surface area contributed by atoms with Crippen LogP contribution in [-0.2, 0) is 9.53 Å². The number of carbonyl (C=O) groups excluding carboxylic acids is 1. The standard InChI is InChI=1S/C14H19NO3/c1-11(10-14(16)15-8-9-17-2)12-4-6-13(18-3)7-5-12/h4-7,10H,8-9H2,1-3H3,(H,15,16)/b11-10+. The first-order valence-corrected chi connectivity index (χ1v) is 5.77. The molecule has 0 spiro atoms. The van der Waals surface area contributed by atoms with Gasteiger partial charge in [-0.2, -0.15) is 0 Å². The van der Waals surface area contributed by atoms with Crippen LogP contribution in [0.3, 0.4) is 0 Å². The number of allylic oxidation sites excluding steroid dienone is 1. The Hall–Kier alpha value is -1.81. The molecule has 0 aliphatic carbocycles. The molecule has 18 heavy (non-hydrogen) atoms. The molecule has 4 nitrogen and oxygen atoms in total. The highest BCUT2D eigenvalue weighted by molar-refractivity contribution is 5.94. The van der Waals surface area contributed by atoms with Gasteiger partial charge < -0.3 is 14.8 Å². The highest BCUT2D eigenvalue weighted by atomic mass is 16.5. The van der Waals surface area contributed by atoms with Crippen molar-refractivity contribution in [2.45, 2.75) is 6.92 Å². The average molecular weight is 249 g/mol. The van der Waals surface area contributed by atoms with E-state index in [0.29, 0.717) is 13.2 Å². The van der Waals surface area contributed by atoms with Crippen molar-refractivity contribution < 1.29 is 14.3 Å². The summed E-state index contributed by atoms with van der Waals surface area (Å²) in [5, 5.41) is 2.74. The highest BCUT2D eigenvalue weighted by Gasteiger charge is 2.00. The smallest absolute Gasteiger partial charge is 0.244 e. The number of ether oxygens (including phenoxy) is 2. The fraction of sp³-hybridized carbons (Fsp3) is 0.357. The van der Waals surface area contributed by atoms with Crippen molar-refractivity contribution in [3.63, 3.8) is 0 Å². The Balaban J connectivity index is 2.61. The second-order valence-corrected chi connectivity index (χ2v) is 3.84. The Morgan fingerprint density at radius 2 is 1.94 bits per heavy atom. The molecule has 0 aliphatic rings. The van der Waals surface area contributed by atoms with E-state index >= 15 is 0 Å². The van der Waals surface area contributed by atoms with Gasteiger partial charge in [0.05, 0.1) is 13.7 Å². The third kappa shape index (κ3) is 4.59. The zero-order chi connectivity index (χ0) is 13.4. The average Bonchev–Trinajstić information content (AvgIpc) is 2.39. The molecule has 0 bridgehead atoms. The van der Waals surface area contributed by atoms with Gasteiger partial charge in [-0.1, -0.05) is 12.1 Å². The minimum Gasteiger partial charge on any atom is -0.497 e. The predicted octanol–water partition coefficient (Wildman–Crippen LogP) is 1.86. The molecule has 0 atom stereocenters. The van der Waals surface area contributed by atoms with Crippen molar-refractivity contribution in [2.24, 2.45) is 0 Å². The van der Waals surface area contributed by atoms with Crippen LogP contribution in [0.2, 0.25) is 0 Å². The number of hydrogen-bond acceptors (Lipinski definition) is 3. The number of nitrogens with one attached hydrogen (secondary N) is 1. The molecule has 1 amide bonds. The summed E-state index contributed by atoms with van der Waals surface area (Å²) in [4.78, 5) is 11.6. The lowest BCUT2D eigenvalue weighted by Gasteiger charge is -2.05. The molecule has 1 N–H and O–H groups in total. The minimum absolute atomic E-state index is 0.111. The van der Waals surface area contributed by atoms with Gasteiger partial charge in [0.15, 0.2) is 0 Å². The summed E-state index contributed by atoms with van der Waals surface area (Å²) < 4.78 is 9.94. The first-order chi connectivity index (χ1) is 8.67. The molecule has 0 fully saturated rings. The molecule has 98 valence electrons. The molecule has 1 aromatic rings. The first-order valence-electron chi connectivity index (χ1n) is 5.77. The highest BCUT2D eigenvalue weighted by Crippen LogP contribution is 2.17. The second kappa shape index (κ2) is 7.50. The lowest BCUT2D eigenvalue weighted by Crippen LogP contribution is -2.25. The van der Waals surface area contributed by atoms with E-state index in [0.717, 1.165) is 16.9 Å². The molecule has 0 heterocycles. The van der Waals surface area contributed by atoms with Crippen molar-refractivity contribution in [1.82, 2.24) is 5.32 Å². The minimum atomic E-state index is -0.111. The summed E-state index contributed by atoms with van der Waals surface area (Å²) in [5.41, 5.74) is 1.91. The number of amides is 1. The van der Waals surface area contributed by atoms with E-state index in [9.17, 15) is 4.79 Å². The van der Waals surface area contributed by atoms with Gasteiger partial charge in [0, 0.05) is 19.7 Å². The van der Waals surface area contributed by atoms with Crippen LogP contribution in [0.4, 0.5) is 0 Å². The van der Waals surface area contributed by atoms with Gasteiger partial charge in [0.1, 0.15) is 5.75 Å². The van der Waals surface area contributed by atoms with Gasteiger partial charge in [-0.25, -0.2) is 0 Å². The Bertz CT molecular complexity index is 410. The Labute approximate surface area is 108 Å². The normalized spacial score (nSPS) is 11.2. The molecular formula is C14H19NO3. The SMILES string of the molecule is COCCNC(=O)/C=C(\C)c1ccc(OC)cc1. The van der Waals surface area contributed by atoms with Gasteiger partial charge in [-0.05, 0) is 30.2 Å². The summed E-state index contributed by atoms with van der Waals surface area (Å²) in [6.45, 7) is 2.93. The molecule has 0 aromatic heterocycles. The molecule has 4 heteroatoms. The Morgan fingerprint density at radius 3 is 2.50 bits per heavy atom. The maximum absolute atomic E-state index is 11.6. The summed E-state index contributed by atoms with van der Waals surface area (Å²) >= 11 is 0. The number of benzene rings is 1. The van der Waals surface area contributed by atoms with Crippen molar-refractivity contribution in [2.75, 3.05) is 27.4 Å². The lowest BCUT2D eigenvalue weighted by atomic mass is 10.1. The summed E-state index contributed by atoms with van der Waals surface area (Å²) in [5.74, 6) is 0.691. The number of carbonyl (C=O) groups is 1.